The summed E-state index contributed by atoms with van der Waals surface area (Å²) in [5.41, 5.74) is 5.20. The molecule has 2 saturated heterocycles. The Morgan fingerprint density at radius 3 is 2.66 bits per heavy atom. The number of carbonyl (C=O) groups is 2. The van der Waals surface area contributed by atoms with Crippen molar-refractivity contribution in [2.24, 2.45) is 0 Å². The van der Waals surface area contributed by atoms with Gasteiger partial charge in [0.1, 0.15) is 5.69 Å². The molecule has 0 N–H and O–H groups in total. The molecule has 35 heavy (non-hydrogen) atoms. The van der Waals surface area contributed by atoms with Crippen molar-refractivity contribution in [1.82, 2.24) is 19.4 Å². The number of piperazine rings is 1. The van der Waals surface area contributed by atoms with Crippen molar-refractivity contribution in [3.8, 4) is 5.69 Å². The molecule has 2 amide bonds. The quantitative estimate of drug-likeness (QED) is 0.415. The van der Waals surface area contributed by atoms with E-state index >= 15 is 0 Å². The molecule has 0 aliphatic carbocycles. The fourth-order valence-electron chi connectivity index (χ4n) is 5.10. The topological polar surface area (TPSA) is 61.7 Å². The van der Waals surface area contributed by atoms with Gasteiger partial charge in [-0.3, -0.25) is 14.5 Å². The average Bonchev–Trinajstić information content (AvgIpc) is 3.63. The van der Waals surface area contributed by atoms with Crippen molar-refractivity contribution in [1.29, 1.82) is 0 Å². The summed E-state index contributed by atoms with van der Waals surface area (Å²) >= 11 is 7.62. The third-order valence-electron chi connectivity index (χ3n) is 6.95. The van der Waals surface area contributed by atoms with Crippen LogP contribution in [-0.4, -0.2) is 69.9 Å². The molecule has 0 bridgehead atoms. The Bertz CT molecular complexity index is 1390. The van der Waals surface area contributed by atoms with Gasteiger partial charge in [-0.1, -0.05) is 17.7 Å². The Kier molecular flexibility index (Phi) is 5.80. The van der Waals surface area contributed by atoms with E-state index in [0.29, 0.717) is 36.8 Å². The van der Waals surface area contributed by atoms with E-state index in [-0.39, 0.29) is 17.9 Å². The van der Waals surface area contributed by atoms with Crippen LogP contribution in [0.25, 0.3) is 16.6 Å². The first-order valence-electron chi connectivity index (χ1n) is 11.7. The standard InChI is InChI=1S/C26H24ClN5O2S/c27-19-2-1-3-20(13-19)31-7-6-18-12-21(4-5-24(18)31)32-15-22(14-25(32)33)29-8-10-30(11-9-29)26(34)23-16-35-17-28-23/h1-7,12-13,16-17,22H,8-11,14-15H2. The van der Waals surface area contributed by atoms with Gasteiger partial charge in [0, 0.05) is 78.5 Å². The highest BCUT2D eigenvalue weighted by Crippen LogP contribution is 2.30. The van der Waals surface area contributed by atoms with Crippen LogP contribution in [0.4, 0.5) is 5.69 Å². The normalized spacial score (nSPS) is 19.1. The first-order valence-corrected chi connectivity index (χ1v) is 13.0. The van der Waals surface area contributed by atoms with E-state index in [1.807, 2.05) is 46.3 Å². The van der Waals surface area contributed by atoms with E-state index in [2.05, 4.69) is 32.7 Å². The second kappa shape index (κ2) is 9.11. The van der Waals surface area contributed by atoms with Gasteiger partial charge in [0.25, 0.3) is 5.91 Å². The molecule has 9 heteroatoms. The molecule has 7 nitrogen and oxygen atoms in total. The van der Waals surface area contributed by atoms with Crippen molar-refractivity contribution in [3.05, 3.63) is 76.3 Å². The van der Waals surface area contributed by atoms with E-state index in [1.54, 1.807) is 10.9 Å². The highest BCUT2D eigenvalue weighted by molar-refractivity contribution is 7.07. The number of fused-ring (bicyclic) bond motifs is 1. The van der Waals surface area contributed by atoms with Crippen LogP contribution in [-0.2, 0) is 4.79 Å². The number of amides is 2. The molecule has 0 radical (unpaired) electrons. The SMILES string of the molecule is O=C(c1cscn1)N1CCN(C2CC(=O)N(c3ccc4c(ccn4-c4cccc(Cl)c4)c3)C2)CC1. The maximum atomic E-state index is 13.0. The predicted octanol–water partition coefficient (Wildman–Crippen LogP) is 4.30. The number of hydrogen-bond donors (Lipinski definition) is 0. The molecule has 178 valence electrons. The summed E-state index contributed by atoms with van der Waals surface area (Å²) in [4.78, 5) is 35.8. The summed E-state index contributed by atoms with van der Waals surface area (Å²) in [7, 11) is 0. The van der Waals surface area contributed by atoms with Crippen LogP contribution in [0.5, 0.6) is 0 Å². The Labute approximate surface area is 212 Å². The summed E-state index contributed by atoms with van der Waals surface area (Å²) in [6.07, 6.45) is 2.53. The number of anilines is 1. The van der Waals surface area contributed by atoms with E-state index < -0.39 is 0 Å². The summed E-state index contributed by atoms with van der Waals surface area (Å²) < 4.78 is 2.10. The monoisotopic (exact) mass is 505 g/mol. The molecule has 2 aromatic carbocycles. The highest BCUT2D eigenvalue weighted by atomic mass is 35.5. The number of carbonyl (C=O) groups excluding carboxylic acids is 2. The lowest BCUT2D eigenvalue weighted by molar-refractivity contribution is -0.117. The van der Waals surface area contributed by atoms with E-state index in [1.165, 1.54) is 11.3 Å². The van der Waals surface area contributed by atoms with Gasteiger partial charge in [-0.2, -0.15) is 0 Å². The Morgan fingerprint density at radius 2 is 1.89 bits per heavy atom. The third-order valence-corrected chi connectivity index (χ3v) is 7.77. The molecular weight excluding hydrogens is 482 g/mol. The molecule has 2 aromatic heterocycles. The summed E-state index contributed by atoms with van der Waals surface area (Å²) in [6.45, 7) is 3.51. The highest BCUT2D eigenvalue weighted by Gasteiger charge is 2.36. The van der Waals surface area contributed by atoms with Gasteiger partial charge in [0.2, 0.25) is 5.91 Å². The second-order valence-electron chi connectivity index (χ2n) is 8.97. The van der Waals surface area contributed by atoms with Crippen molar-refractivity contribution >= 4 is 51.3 Å². The molecule has 6 rings (SSSR count). The molecule has 2 aliphatic heterocycles. The molecule has 1 unspecified atom stereocenters. The van der Waals surface area contributed by atoms with Crippen LogP contribution in [0.1, 0.15) is 16.9 Å². The van der Waals surface area contributed by atoms with Crippen LogP contribution in [0.2, 0.25) is 5.02 Å². The zero-order valence-electron chi connectivity index (χ0n) is 19.0. The number of benzene rings is 2. The number of aromatic nitrogens is 2. The maximum absolute atomic E-state index is 13.0. The van der Waals surface area contributed by atoms with Crippen LogP contribution in [0, 0.1) is 0 Å². The van der Waals surface area contributed by atoms with Gasteiger partial charge in [-0.25, -0.2) is 4.98 Å². The second-order valence-corrected chi connectivity index (χ2v) is 10.1. The Balaban J connectivity index is 1.14. The molecular formula is C26H24ClN5O2S. The van der Waals surface area contributed by atoms with Crippen LogP contribution < -0.4 is 4.90 Å². The van der Waals surface area contributed by atoms with Crippen molar-refractivity contribution in [2.45, 2.75) is 12.5 Å². The minimum atomic E-state index is -0.00645. The lowest BCUT2D eigenvalue weighted by atomic mass is 10.2. The molecule has 4 heterocycles. The van der Waals surface area contributed by atoms with E-state index in [4.69, 9.17) is 11.6 Å². The van der Waals surface area contributed by atoms with Gasteiger partial charge >= 0.3 is 0 Å². The third kappa shape index (κ3) is 4.22. The lowest BCUT2D eigenvalue weighted by Crippen LogP contribution is -2.52. The zero-order valence-corrected chi connectivity index (χ0v) is 20.6. The smallest absolute Gasteiger partial charge is 0.273 e. The summed E-state index contributed by atoms with van der Waals surface area (Å²) in [5.74, 6) is 0.137. The zero-order chi connectivity index (χ0) is 23.9. The minimum Gasteiger partial charge on any atom is -0.335 e. The van der Waals surface area contributed by atoms with Crippen molar-refractivity contribution < 1.29 is 9.59 Å². The fourth-order valence-corrected chi connectivity index (χ4v) is 5.81. The number of hydrogen-bond acceptors (Lipinski definition) is 5. The van der Waals surface area contributed by atoms with Crippen LogP contribution in [0.15, 0.2) is 65.6 Å². The van der Waals surface area contributed by atoms with Gasteiger partial charge in [0.05, 0.1) is 11.0 Å². The summed E-state index contributed by atoms with van der Waals surface area (Å²) in [6, 6.07) is 16.2. The predicted molar refractivity (Wildman–Crippen MR) is 139 cm³/mol. The first-order chi connectivity index (χ1) is 17.1. The van der Waals surface area contributed by atoms with Gasteiger partial charge in [0.15, 0.2) is 0 Å². The molecule has 4 aromatic rings. The average molecular weight is 506 g/mol. The number of halogens is 1. The molecule has 0 spiro atoms. The van der Waals surface area contributed by atoms with E-state index in [0.717, 1.165) is 35.4 Å². The van der Waals surface area contributed by atoms with Gasteiger partial charge in [-0.15, -0.1) is 11.3 Å². The molecule has 1 atom stereocenters. The number of thiazole rings is 1. The first kappa shape index (κ1) is 22.3. The molecule has 0 saturated carbocycles. The van der Waals surface area contributed by atoms with Gasteiger partial charge < -0.3 is 14.4 Å². The molecule has 2 fully saturated rings. The van der Waals surface area contributed by atoms with Crippen LogP contribution in [0.3, 0.4) is 0 Å². The number of nitrogens with zero attached hydrogens (tertiary/aromatic N) is 5. The Hall–Kier alpha value is -3.20. The minimum absolute atomic E-state index is 0.00645. The van der Waals surface area contributed by atoms with Crippen LogP contribution >= 0.6 is 22.9 Å². The molecule has 2 aliphatic rings. The summed E-state index contributed by atoms with van der Waals surface area (Å²) in [5, 5.41) is 3.57. The lowest BCUT2D eigenvalue weighted by Gasteiger charge is -2.37. The fraction of sp³-hybridized carbons (Fsp3) is 0.269. The van der Waals surface area contributed by atoms with E-state index in [9.17, 15) is 9.59 Å². The number of rotatable bonds is 4. The van der Waals surface area contributed by atoms with Gasteiger partial charge in [-0.05, 0) is 42.5 Å². The Morgan fingerprint density at radius 1 is 1.03 bits per heavy atom. The van der Waals surface area contributed by atoms with Crippen molar-refractivity contribution in [3.63, 3.8) is 0 Å². The van der Waals surface area contributed by atoms with Crippen molar-refractivity contribution in [2.75, 3.05) is 37.6 Å². The maximum Gasteiger partial charge on any atom is 0.273 e. The largest absolute Gasteiger partial charge is 0.335 e.